The van der Waals surface area contributed by atoms with Crippen molar-refractivity contribution in [1.82, 2.24) is 9.55 Å². The molecule has 22 heavy (non-hydrogen) atoms. The van der Waals surface area contributed by atoms with Gasteiger partial charge in [-0.1, -0.05) is 24.3 Å². The molecule has 114 valence electrons. The Labute approximate surface area is 130 Å². The molecule has 0 atom stereocenters. The van der Waals surface area contributed by atoms with Gasteiger partial charge in [-0.25, -0.2) is 4.98 Å². The van der Waals surface area contributed by atoms with Crippen LogP contribution in [-0.2, 0) is 6.42 Å². The number of benzene rings is 2. The molecule has 0 bridgehead atoms. The summed E-state index contributed by atoms with van der Waals surface area (Å²) < 4.78 is 8.02. The first kappa shape index (κ1) is 14.4. The summed E-state index contributed by atoms with van der Waals surface area (Å²) >= 11 is 0. The molecule has 0 radical (unpaired) electrons. The Hall–Kier alpha value is -2.49. The van der Waals surface area contributed by atoms with Gasteiger partial charge in [0.1, 0.15) is 17.1 Å². The highest BCUT2D eigenvalue weighted by Crippen LogP contribution is 2.25. The van der Waals surface area contributed by atoms with Crippen LogP contribution in [0.1, 0.15) is 25.7 Å². The van der Waals surface area contributed by atoms with Crippen LogP contribution in [0.15, 0.2) is 48.5 Å². The number of para-hydroxylation sites is 2. The molecule has 0 saturated heterocycles. The molecule has 0 fully saturated rings. The third-order valence-corrected chi connectivity index (χ3v) is 3.68. The first-order chi connectivity index (χ1) is 10.7. The van der Waals surface area contributed by atoms with Gasteiger partial charge >= 0.3 is 0 Å². The monoisotopic (exact) mass is 295 g/mol. The Balaban J connectivity index is 1.84. The van der Waals surface area contributed by atoms with Gasteiger partial charge in [0.25, 0.3) is 0 Å². The second-order valence-electron chi connectivity index (χ2n) is 5.62. The van der Waals surface area contributed by atoms with E-state index in [1.807, 2.05) is 42.5 Å². The predicted octanol–water partition coefficient (Wildman–Crippen LogP) is 3.82. The fourth-order valence-corrected chi connectivity index (χ4v) is 2.72. The molecule has 0 saturated carbocycles. The van der Waals surface area contributed by atoms with Crippen molar-refractivity contribution in [1.29, 1.82) is 0 Å². The highest BCUT2D eigenvalue weighted by molar-refractivity contribution is 5.87. The van der Waals surface area contributed by atoms with E-state index in [9.17, 15) is 0 Å². The summed E-state index contributed by atoms with van der Waals surface area (Å²) in [6, 6.07) is 16.1. The van der Waals surface area contributed by atoms with Crippen molar-refractivity contribution in [2.24, 2.45) is 0 Å². The standard InChI is InChI=1S/C18H21N3O/c1-13(2)21-16-10-6-9-15(19)18(16)20-17(21)11-12-22-14-7-4-3-5-8-14/h3-10,13H,11-12,19H2,1-2H3. The number of hydrogen-bond donors (Lipinski definition) is 1. The van der Waals surface area contributed by atoms with Crippen LogP contribution in [0.25, 0.3) is 11.0 Å². The van der Waals surface area contributed by atoms with E-state index in [2.05, 4.69) is 24.5 Å². The Morgan fingerprint density at radius 2 is 1.86 bits per heavy atom. The Morgan fingerprint density at radius 3 is 2.59 bits per heavy atom. The summed E-state index contributed by atoms with van der Waals surface area (Å²) in [5.74, 6) is 1.90. The molecule has 2 aromatic carbocycles. The van der Waals surface area contributed by atoms with Crippen molar-refractivity contribution in [2.75, 3.05) is 12.3 Å². The quantitative estimate of drug-likeness (QED) is 0.728. The van der Waals surface area contributed by atoms with Gasteiger partial charge in [-0.3, -0.25) is 0 Å². The molecule has 4 heteroatoms. The Morgan fingerprint density at radius 1 is 1.09 bits per heavy atom. The topological polar surface area (TPSA) is 53.1 Å². The summed E-state index contributed by atoms with van der Waals surface area (Å²) in [4.78, 5) is 4.72. The molecule has 3 aromatic rings. The third kappa shape index (κ3) is 2.77. The van der Waals surface area contributed by atoms with Gasteiger partial charge < -0.3 is 15.0 Å². The van der Waals surface area contributed by atoms with Gasteiger partial charge in [-0.05, 0) is 38.1 Å². The van der Waals surface area contributed by atoms with E-state index in [1.165, 1.54) is 0 Å². The molecular formula is C18H21N3O. The molecule has 0 amide bonds. The Kier molecular flexibility index (Phi) is 4.00. The van der Waals surface area contributed by atoms with Crippen molar-refractivity contribution >= 4 is 16.7 Å². The molecule has 2 N–H and O–H groups in total. The number of nitrogen functional groups attached to an aromatic ring is 1. The van der Waals surface area contributed by atoms with Crippen LogP contribution in [0.4, 0.5) is 5.69 Å². The first-order valence-corrected chi connectivity index (χ1v) is 7.60. The fourth-order valence-electron chi connectivity index (χ4n) is 2.72. The number of nitrogens with zero attached hydrogens (tertiary/aromatic N) is 2. The van der Waals surface area contributed by atoms with Crippen LogP contribution in [0.3, 0.4) is 0 Å². The van der Waals surface area contributed by atoms with Gasteiger partial charge in [0.15, 0.2) is 0 Å². The van der Waals surface area contributed by atoms with Gasteiger partial charge in [0.05, 0.1) is 17.8 Å². The van der Waals surface area contributed by atoms with Gasteiger partial charge in [-0.2, -0.15) is 0 Å². The van der Waals surface area contributed by atoms with Gasteiger partial charge in [0.2, 0.25) is 0 Å². The maximum absolute atomic E-state index is 6.05. The lowest BCUT2D eigenvalue weighted by molar-refractivity contribution is 0.316. The number of anilines is 1. The minimum absolute atomic E-state index is 0.332. The molecule has 1 aromatic heterocycles. The molecule has 0 aliphatic rings. The second kappa shape index (κ2) is 6.10. The molecule has 4 nitrogen and oxygen atoms in total. The number of imidazole rings is 1. The van der Waals surface area contributed by atoms with E-state index >= 15 is 0 Å². The van der Waals surface area contributed by atoms with Crippen molar-refractivity contribution in [2.45, 2.75) is 26.3 Å². The lowest BCUT2D eigenvalue weighted by Gasteiger charge is -2.13. The highest BCUT2D eigenvalue weighted by Gasteiger charge is 2.14. The Bertz CT molecular complexity index is 763. The van der Waals surface area contributed by atoms with Crippen molar-refractivity contribution in [3.8, 4) is 5.75 Å². The van der Waals surface area contributed by atoms with E-state index in [0.717, 1.165) is 34.7 Å². The zero-order chi connectivity index (χ0) is 15.5. The minimum Gasteiger partial charge on any atom is -0.493 e. The maximum atomic E-state index is 6.05. The molecular weight excluding hydrogens is 274 g/mol. The van der Waals surface area contributed by atoms with Crippen LogP contribution in [0.2, 0.25) is 0 Å². The van der Waals surface area contributed by atoms with E-state index in [0.29, 0.717) is 12.6 Å². The summed E-state index contributed by atoms with van der Waals surface area (Å²) in [5, 5.41) is 0. The van der Waals surface area contributed by atoms with Crippen molar-refractivity contribution in [3.63, 3.8) is 0 Å². The van der Waals surface area contributed by atoms with Crippen LogP contribution < -0.4 is 10.5 Å². The maximum Gasteiger partial charge on any atom is 0.119 e. The molecule has 0 unspecified atom stereocenters. The minimum atomic E-state index is 0.332. The number of fused-ring (bicyclic) bond motifs is 1. The van der Waals surface area contributed by atoms with Crippen molar-refractivity contribution in [3.05, 3.63) is 54.4 Å². The lowest BCUT2D eigenvalue weighted by Crippen LogP contribution is -2.10. The normalized spacial score (nSPS) is 11.2. The van der Waals surface area contributed by atoms with Crippen LogP contribution in [0, 0.1) is 0 Å². The summed E-state index contributed by atoms with van der Waals surface area (Å²) in [6.07, 6.45) is 0.751. The zero-order valence-electron chi connectivity index (χ0n) is 13.0. The molecule has 0 aliphatic carbocycles. The average Bonchev–Trinajstić information content (AvgIpc) is 2.88. The molecule has 0 aliphatic heterocycles. The number of rotatable bonds is 5. The van der Waals surface area contributed by atoms with Gasteiger partial charge in [0, 0.05) is 12.5 Å². The molecule has 3 rings (SSSR count). The second-order valence-corrected chi connectivity index (χ2v) is 5.62. The SMILES string of the molecule is CC(C)n1c(CCOc2ccccc2)nc2c(N)cccc21. The predicted molar refractivity (Wildman–Crippen MR) is 90.2 cm³/mol. The summed E-state index contributed by atoms with van der Waals surface area (Å²) in [7, 11) is 0. The van der Waals surface area contributed by atoms with Crippen LogP contribution in [0.5, 0.6) is 5.75 Å². The summed E-state index contributed by atoms with van der Waals surface area (Å²) in [6.45, 7) is 4.91. The van der Waals surface area contributed by atoms with E-state index in [-0.39, 0.29) is 0 Å². The first-order valence-electron chi connectivity index (χ1n) is 7.60. The van der Waals surface area contributed by atoms with Crippen LogP contribution in [-0.4, -0.2) is 16.2 Å². The zero-order valence-corrected chi connectivity index (χ0v) is 13.0. The van der Waals surface area contributed by atoms with Gasteiger partial charge in [-0.15, -0.1) is 0 Å². The number of nitrogens with two attached hydrogens (primary N) is 1. The molecule has 0 spiro atoms. The average molecular weight is 295 g/mol. The molecule has 1 heterocycles. The van der Waals surface area contributed by atoms with E-state index < -0.39 is 0 Å². The smallest absolute Gasteiger partial charge is 0.119 e. The number of ether oxygens (including phenoxy) is 1. The van der Waals surface area contributed by atoms with E-state index in [4.69, 9.17) is 15.5 Å². The highest BCUT2D eigenvalue weighted by atomic mass is 16.5. The fraction of sp³-hybridized carbons (Fsp3) is 0.278. The third-order valence-electron chi connectivity index (χ3n) is 3.68. The van der Waals surface area contributed by atoms with Crippen molar-refractivity contribution < 1.29 is 4.74 Å². The lowest BCUT2D eigenvalue weighted by atomic mass is 10.2. The van der Waals surface area contributed by atoms with Crippen LogP contribution >= 0.6 is 0 Å². The summed E-state index contributed by atoms with van der Waals surface area (Å²) in [5.41, 5.74) is 8.74. The largest absolute Gasteiger partial charge is 0.493 e. The number of hydrogen-bond acceptors (Lipinski definition) is 3. The number of aromatic nitrogens is 2. The van der Waals surface area contributed by atoms with E-state index in [1.54, 1.807) is 0 Å².